The number of rotatable bonds is 7. The van der Waals surface area contributed by atoms with E-state index in [2.05, 4.69) is 29.0 Å². The summed E-state index contributed by atoms with van der Waals surface area (Å²) in [5.41, 5.74) is 2.38. The fourth-order valence-corrected chi connectivity index (χ4v) is 3.94. The maximum atomic E-state index is 12.3. The molecule has 9 heteroatoms. The molecule has 0 radical (unpaired) electrons. The number of aryl methyl sites for hydroxylation is 2. The number of anilines is 1. The summed E-state index contributed by atoms with van der Waals surface area (Å²) in [5, 5.41) is 7.54. The molecule has 0 fully saturated rings. The van der Waals surface area contributed by atoms with Crippen LogP contribution in [0.2, 0.25) is 5.15 Å². The highest BCUT2D eigenvalue weighted by molar-refractivity contribution is 7.89. The third kappa shape index (κ3) is 5.21. The van der Waals surface area contributed by atoms with Crippen LogP contribution in [-0.2, 0) is 21.4 Å². The molecule has 0 spiro atoms. The van der Waals surface area contributed by atoms with Gasteiger partial charge in [0.25, 0.3) is 0 Å². The number of nitrogens with zero attached hydrogens (tertiary/aromatic N) is 2. The molecule has 1 heterocycles. The smallest absolute Gasteiger partial charge is 0.248 e. The van der Waals surface area contributed by atoms with Crippen LogP contribution in [0.3, 0.4) is 0 Å². The number of hydrogen-bond acceptors (Lipinski definition) is 4. The van der Waals surface area contributed by atoms with Gasteiger partial charge >= 0.3 is 0 Å². The summed E-state index contributed by atoms with van der Waals surface area (Å²) >= 11 is 6.37. The Morgan fingerprint density at radius 2 is 2.00 bits per heavy atom. The highest BCUT2D eigenvalue weighted by Crippen LogP contribution is 2.23. The molecule has 152 valence electrons. The second kappa shape index (κ2) is 8.89. The van der Waals surface area contributed by atoms with Gasteiger partial charge < -0.3 is 5.32 Å². The van der Waals surface area contributed by atoms with Gasteiger partial charge in [0, 0.05) is 23.9 Å². The van der Waals surface area contributed by atoms with Gasteiger partial charge in [0.2, 0.25) is 15.9 Å². The van der Waals surface area contributed by atoms with Crippen molar-refractivity contribution in [2.45, 2.75) is 39.1 Å². The van der Waals surface area contributed by atoms with Crippen LogP contribution in [0.1, 0.15) is 30.7 Å². The first kappa shape index (κ1) is 22.1. The van der Waals surface area contributed by atoms with Crippen LogP contribution in [0.5, 0.6) is 0 Å². The third-order valence-corrected chi connectivity index (χ3v) is 6.02. The summed E-state index contributed by atoms with van der Waals surface area (Å²) < 4.78 is 28.1. The Morgan fingerprint density at radius 1 is 1.32 bits per heavy atom. The van der Waals surface area contributed by atoms with E-state index in [9.17, 15) is 13.2 Å². The number of carbonyl (C=O) groups excluding carboxylic acids is 1. The summed E-state index contributed by atoms with van der Waals surface area (Å²) in [4.78, 5) is 12.4. The molecule has 0 aliphatic carbocycles. The molecular formula is C19H25ClN4O3S. The zero-order valence-corrected chi connectivity index (χ0v) is 18.1. The highest BCUT2D eigenvalue weighted by Gasteiger charge is 2.16. The van der Waals surface area contributed by atoms with Crippen LogP contribution in [0.15, 0.2) is 29.2 Å². The van der Waals surface area contributed by atoms with Crippen molar-refractivity contribution in [1.29, 1.82) is 0 Å². The van der Waals surface area contributed by atoms with Crippen LogP contribution < -0.4 is 10.0 Å². The second-order valence-corrected chi connectivity index (χ2v) is 9.09. The molecule has 28 heavy (non-hydrogen) atoms. The lowest BCUT2D eigenvalue weighted by molar-refractivity contribution is -0.111. The predicted octanol–water partition coefficient (Wildman–Crippen LogP) is 3.37. The van der Waals surface area contributed by atoms with E-state index >= 15 is 0 Å². The first-order chi connectivity index (χ1) is 13.0. The lowest BCUT2D eigenvalue weighted by Gasteiger charge is -2.09. The molecule has 1 amide bonds. The summed E-state index contributed by atoms with van der Waals surface area (Å²) in [5.74, 6) is -0.00899. The lowest BCUT2D eigenvalue weighted by atomic mass is 10.2. The quantitative estimate of drug-likeness (QED) is 0.666. The Hall–Kier alpha value is -2.16. The fourth-order valence-electron chi connectivity index (χ4n) is 2.64. The first-order valence-electron chi connectivity index (χ1n) is 8.81. The van der Waals surface area contributed by atoms with Gasteiger partial charge in [0.15, 0.2) is 0 Å². The van der Waals surface area contributed by atoms with Crippen molar-refractivity contribution in [1.82, 2.24) is 14.5 Å². The van der Waals surface area contributed by atoms with Crippen molar-refractivity contribution >= 4 is 39.3 Å². The maximum Gasteiger partial charge on any atom is 0.248 e. The first-order valence-corrected chi connectivity index (χ1v) is 10.7. The molecule has 7 nitrogen and oxygen atoms in total. The zero-order chi connectivity index (χ0) is 21.1. The number of benzene rings is 1. The van der Waals surface area contributed by atoms with Crippen molar-refractivity contribution < 1.29 is 13.2 Å². The molecule has 1 aromatic carbocycles. The van der Waals surface area contributed by atoms with Gasteiger partial charge in [-0.15, -0.1) is 0 Å². The average molecular weight is 425 g/mol. The van der Waals surface area contributed by atoms with Crippen LogP contribution in [-0.4, -0.2) is 31.2 Å². The molecule has 0 aliphatic rings. The van der Waals surface area contributed by atoms with Crippen molar-refractivity contribution in [3.63, 3.8) is 0 Å². The number of halogens is 1. The Balaban J connectivity index is 2.19. The lowest BCUT2D eigenvalue weighted by Crippen LogP contribution is -2.20. The molecule has 0 unspecified atom stereocenters. The Bertz CT molecular complexity index is 1010. The predicted molar refractivity (Wildman–Crippen MR) is 112 cm³/mol. The molecular weight excluding hydrogens is 400 g/mol. The number of hydrogen-bond donors (Lipinski definition) is 2. The van der Waals surface area contributed by atoms with Crippen LogP contribution in [0, 0.1) is 19.8 Å². The van der Waals surface area contributed by atoms with Gasteiger partial charge in [0.05, 0.1) is 10.6 Å². The number of nitrogens with one attached hydrogen (secondary N) is 2. The number of amides is 1. The van der Waals surface area contributed by atoms with E-state index in [1.165, 1.54) is 19.2 Å². The topological polar surface area (TPSA) is 93.1 Å². The van der Waals surface area contributed by atoms with E-state index in [0.29, 0.717) is 34.4 Å². The van der Waals surface area contributed by atoms with Gasteiger partial charge in [-0.1, -0.05) is 31.5 Å². The Labute approximate surface area is 170 Å². The Morgan fingerprint density at radius 3 is 2.61 bits per heavy atom. The Kier molecular flexibility index (Phi) is 7.03. The molecule has 0 saturated heterocycles. The van der Waals surface area contributed by atoms with Crippen molar-refractivity contribution in [3.8, 4) is 0 Å². The van der Waals surface area contributed by atoms with E-state index in [4.69, 9.17) is 11.6 Å². The maximum absolute atomic E-state index is 12.3. The molecule has 2 N–H and O–H groups in total. The molecule has 2 rings (SSSR count). The van der Waals surface area contributed by atoms with Gasteiger partial charge in [-0.2, -0.15) is 5.10 Å². The van der Waals surface area contributed by atoms with Gasteiger partial charge in [-0.3, -0.25) is 9.48 Å². The molecule has 0 aliphatic heterocycles. The largest absolute Gasteiger partial charge is 0.322 e. The molecule has 0 saturated carbocycles. The minimum atomic E-state index is -3.61. The number of aromatic nitrogens is 2. The summed E-state index contributed by atoms with van der Waals surface area (Å²) in [6.45, 7) is 8.34. The zero-order valence-electron chi connectivity index (χ0n) is 16.6. The SMILES string of the molecule is CNS(=O)(=O)c1cc(NC(=O)/C=C/c2c(C)nn(CC(C)C)c2Cl)ccc1C. The van der Waals surface area contributed by atoms with Crippen molar-refractivity contribution in [2.75, 3.05) is 12.4 Å². The van der Waals surface area contributed by atoms with Crippen molar-refractivity contribution in [3.05, 3.63) is 46.2 Å². The van der Waals surface area contributed by atoms with Crippen molar-refractivity contribution in [2.24, 2.45) is 5.92 Å². The summed E-state index contributed by atoms with van der Waals surface area (Å²) in [6.07, 6.45) is 2.96. The van der Waals surface area contributed by atoms with E-state index in [1.54, 1.807) is 29.8 Å². The summed E-state index contributed by atoms with van der Waals surface area (Å²) in [7, 11) is -2.27. The number of carbonyl (C=O) groups is 1. The van der Waals surface area contributed by atoms with E-state index in [-0.39, 0.29) is 4.90 Å². The normalized spacial score (nSPS) is 12.1. The number of sulfonamides is 1. The molecule has 1 aromatic heterocycles. The van der Waals surface area contributed by atoms with Gasteiger partial charge in [0.1, 0.15) is 5.15 Å². The minimum Gasteiger partial charge on any atom is -0.322 e. The van der Waals surface area contributed by atoms with Crippen LogP contribution in [0.4, 0.5) is 5.69 Å². The monoisotopic (exact) mass is 424 g/mol. The standard InChI is InChI=1S/C19H25ClN4O3S/c1-12(2)11-24-19(20)16(14(4)23-24)8-9-18(25)22-15-7-6-13(3)17(10-15)28(26,27)21-5/h6-10,12,21H,11H2,1-5H3,(H,22,25)/b9-8+. The molecule has 0 bridgehead atoms. The third-order valence-electron chi connectivity index (χ3n) is 4.06. The van der Waals surface area contributed by atoms with Crippen LogP contribution >= 0.6 is 11.6 Å². The van der Waals surface area contributed by atoms with Gasteiger partial charge in [-0.05, 0) is 50.6 Å². The highest BCUT2D eigenvalue weighted by atomic mass is 35.5. The second-order valence-electron chi connectivity index (χ2n) is 6.88. The fraction of sp³-hybridized carbons (Fsp3) is 0.368. The minimum absolute atomic E-state index is 0.116. The summed E-state index contributed by atoms with van der Waals surface area (Å²) in [6, 6.07) is 4.71. The molecule has 0 atom stereocenters. The van der Waals surface area contributed by atoms with Crippen LogP contribution in [0.25, 0.3) is 6.08 Å². The average Bonchev–Trinajstić information content (AvgIpc) is 2.87. The van der Waals surface area contributed by atoms with E-state index in [1.807, 2.05) is 6.92 Å². The van der Waals surface area contributed by atoms with E-state index < -0.39 is 15.9 Å². The van der Waals surface area contributed by atoms with Gasteiger partial charge in [-0.25, -0.2) is 13.1 Å². The van der Waals surface area contributed by atoms with E-state index in [0.717, 1.165) is 5.69 Å². The molecule has 2 aromatic rings.